The summed E-state index contributed by atoms with van der Waals surface area (Å²) < 4.78 is 1.88. The van der Waals surface area contributed by atoms with Gasteiger partial charge >= 0.3 is 0 Å². The van der Waals surface area contributed by atoms with Crippen LogP contribution >= 0.6 is 0 Å². The third-order valence-corrected chi connectivity index (χ3v) is 3.82. The number of aromatic nitrogens is 2. The van der Waals surface area contributed by atoms with Crippen LogP contribution in [-0.2, 0) is 9.59 Å². The maximum absolute atomic E-state index is 12.2. The van der Waals surface area contributed by atoms with Gasteiger partial charge in [0.1, 0.15) is 11.9 Å². The van der Waals surface area contributed by atoms with E-state index in [9.17, 15) is 9.59 Å². The topological polar surface area (TPSA) is 76.0 Å². The quantitative estimate of drug-likeness (QED) is 0.862. The van der Waals surface area contributed by atoms with Crippen LogP contribution in [-0.4, -0.2) is 27.6 Å². The van der Waals surface area contributed by atoms with E-state index >= 15 is 0 Å². The SMILES string of the molecule is CCC(CC)n1ncc(C)c1NC(=O)[C@@H]1CCC(=O)N1. The molecule has 6 heteroatoms. The summed E-state index contributed by atoms with van der Waals surface area (Å²) in [6.07, 6.45) is 4.66. The number of amides is 2. The molecule has 0 bridgehead atoms. The molecule has 0 aliphatic carbocycles. The minimum absolute atomic E-state index is 0.0598. The molecule has 20 heavy (non-hydrogen) atoms. The van der Waals surface area contributed by atoms with Gasteiger partial charge in [0.2, 0.25) is 11.8 Å². The van der Waals surface area contributed by atoms with Gasteiger partial charge in [-0.25, -0.2) is 4.68 Å². The van der Waals surface area contributed by atoms with Crippen molar-refractivity contribution in [3.05, 3.63) is 11.8 Å². The van der Waals surface area contributed by atoms with E-state index in [1.165, 1.54) is 0 Å². The number of carbonyl (C=O) groups is 2. The van der Waals surface area contributed by atoms with Crippen molar-refractivity contribution in [1.29, 1.82) is 0 Å². The van der Waals surface area contributed by atoms with Crippen molar-refractivity contribution in [3.8, 4) is 0 Å². The van der Waals surface area contributed by atoms with Crippen LogP contribution in [0.5, 0.6) is 0 Å². The van der Waals surface area contributed by atoms with Gasteiger partial charge in [0.15, 0.2) is 0 Å². The normalized spacial score (nSPS) is 18.4. The van der Waals surface area contributed by atoms with E-state index in [2.05, 4.69) is 29.6 Å². The lowest BCUT2D eigenvalue weighted by Gasteiger charge is -2.19. The molecule has 2 amide bonds. The van der Waals surface area contributed by atoms with E-state index in [-0.39, 0.29) is 17.9 Å². The molecule has 1 fully saturated rings. The van der Waals surface area contributed by atoms with Crippen molar-refractivity contribution < 1.29 is 9.59 Å². The Balaban J connectivity index is 2.14. The molecule has 1 atom stereocenters. The summed E-state index contributed by atoms with van der Waals surface area (Å²) in [5, 5.41) is 9.97. The summed E-state index contributed by atoms with van der Waals surface area (Å²) in [6, 6.07) is -0.149. The van der Waals surface area contributed by atoms with Crippen molar-refractivity contribution in [1.82, 2.24) is 15.1 Å². The predicted molar refractivity (Wildman–Crippen MR) is 76.4 cm³/mol. The van der Waals surface area contributed by atoms with Crippen LogP contribution in [0, 0.1) is 6.92 Å². The zero-order valence-electron chi connectivity index (χ0n) is 12.3. The third kappa shape index (κ3) is 2.84. The molecule has 0 saturated carbocycles. The highest BCUT2D eigenvalue weighted by Crippen LogP contribution is 2.24. The molecule has 1 aromatic heterocycles. The monoisotopic (exact) mass is 278 g/mol. The number of carbonyl (C=O) groups excluding carboxylic acids is 2. The fourth-order valence-corrected chi connectivity index (χ4v) is 2.53. The zero-order chi connectivity index (χ0) is 14.7. The molecule has 1 aromatic rings. The highest BCUT2D eigenvalue weighted by Gasteiger charge is 2.28. The Kier molecular flexibility index (Phi) is 4.42. The van der Waals surface area contributed by atoms with Gasteiger partial charge in [-0.1, -0.05) is 13.8 Å². The first-order valence-electron chi connectivity index (χ1n) is 7.21. The lowest BCUT2D eigenvalue weighted by molar-refractivity contribution is -0.122. The van der Waals surface area contributed by atoms with Crippen molar-refractivity contribution >= 4 is 17.6 Å². The maximum atomic E-state index is 12.2. The van der Waals surface area contributed by atoms with Gasteiger partial charge in [0.05, 0.1) is 12.2 Å². The molecule has 6 nitrogen and oxygen atoms in total. The lowest BCUT2D eigenvalue weighted by Crippen LogP contribution is -2.38. The van der Waals surface area contributed by atoms with E-state index in [0.717, 1.165) is 24.2 Å². The first kappa shape index (κ1) is 14.6. The Hall–Kier alpha value is -1.85. The molecular weight excluding hydrogens is 256 g/mol. The van der Waals surface area contributed by atoms with E-state index in [4.69, 9.17) is 0 Å². The number of anilines is 1. The molecule has 110 valence electrons. The molecule has 0 spiro atoms. The highest BCUT2D eigenvalue weighted by molar-refractivity contribution is 5.98. The molecular formula is C14H22N4O2. The first-order valence-corrected chi connectivity index (χ1v) is 7.21. The van der Waals surface area contributed by atoms with Gasteiger partial charge in [-0.15, -0.1) is 0 Å². The average Bonchev–Trinajstić information content (AvgIpc) is 3.00. The Labute approximate surface area is 118 Å². The Morgan fingerprint density at radius 3 is 2.80 bits per heavy atom. The summed E-state index contributed by atoms with van der Waals surface area (Å²) in [7, 11) is 0. The van der Waals surface area contributed by atoms with Crippen molar-refractivity contribution in [2.75, 3.05) is 5.32 Å². The Morgan fingerprint density at radius 1 is 1.55 bits per heavy atom. The van der Waals surface area contributed by atoms with Crippen LogP contribution in [0.4, 0.5) is 5.82 Å². The van der Waals surface area contributed by atoms with Crippen LogP contribution in [0.2, 0.25) is 0 Å². The number of aryl methyl sites for hydroxylation is 1. The van der Waals surface area contributed by atoms with Crippen LogP contribution < -0.4 is 10.6 Å². The second kappa shape index (κ2) is 6.07. The van der Waals surface area contributed by atoms with E-state index in [0.29, 0.717) is 12.8 Å². The summed E-state index contributed by atoms with van der Waals surface area (Å²) in [6.45, 7) is 6.14. The molecule has 2 rings (SSSR count). The fourth-order valence-electron chi connectivity index (χ4n) is 2.53. The Bertz CT molecular complexity index is 505. The minimum Gasteiger partial charge on any atom is -0.344 e. The van der Waals surface area contributed by atoms with Crippen LogP contribution in [0.15, 0.2) is 6.20 Å². The summed E-state index contributed by atoms with van der Waals surface area (Å²) in [5.41, 5.74) is 0.939. The standard InChI is InChI=1S/C14H22N4O2/c1-4-10(5-2)18-13(9(3)8-15-18)17-14(20)11-6-7-12(19)16-11/h8,10-11H,4-7H2,1-3H3,(H,16,19)(H,17,20)/t11-/m0/s1. The molecule has 1 aliphatic rings. The largest absolute Gasteiger partial charge is 0.344 e. The fraction of sp³-hybridized carbons (Fsp3) is 0.643. The van der Waals surface area contributed by atoms with E-state index in [1.54, 1.807) is 6.20 Å². The zero-order valence-corrected chi connectivity index (χ0v) is 12.3. The Morgan fingerprint density at radius 2 is 2.25 bits per heavy atom. The number of hydrogen-bond acceptors (Lipinski definition) is 3. The molecule has 2 heterocycles. The molecule has 0 radical (unpaired) electrons. The molecule has 0 unspecified atom stereocenters. The van der Waals surface area contributed by atoms with Gasteiger partial charge in [0, 0.05) is 12.0 Å². The number of nitrogens with zero attached hydrogens (tertiary/aromatic N) is 2. The summed E-state index contributed by atoms with van der Waals surface area (Å²) >= 11 is 0. The maximum Gasteiger partial charge on any atom is 0.248 e. The minimum atomic E-state index is -0.424. The van der Waals surface area contributed by atoms with Crippen molar-refractivity contribution in [2.45, 2.75) is 58.5 Å². The third-order valence-electron chi connectivity index (χ3n) is 3.82. The second-order valence-electron chi connectivity index (χ2n) is 5.24. The highest BCUT2D eigenvalue weighted by atomic mass is 16.2. The average molecular weight is 278 g/mol. The van der Waals surface area contributed by atoms with E-state index < -0.39 is 6.04 Å². The summed E-state index contributed by atoms with van der Waals surface area (Å²) in [4.78, 5) is 23.4. The van der Waals surface area contributed by atoms with Gasteiger partial charge in [-0.2, -0.15) is 5.10 Å². The van der Waals surface area contributed by atoms with Gasteiger partial charge in [-0.3, -0.25) is 9.59 Å². The van der Waals surface area contributed by atoms with Gasteiger partial charge in [-0.05, 0) is 26.2 Å². The van der Waals surface area contributed by atoms with Crippen molar-refractivity contribution in [3.63, 3.8) is 0 Å². The van der Waals surface area contributed by atoms with Crippen LogP contribution in [0.1, 0.15) is 51.1 Å². The number of hydrogen-bond donors (Lipinski definition) is 2. The van der Waals surface area contributed by atoms with Crippen LogP contribution in [0.25, 0.3) is 0 Å². The number of nitrogens with one attached hydrogen (secondary N) is 2. The number of rotatable bonds is 5. The lowest BCUT2D eigenvalue weighted by atomic mass is 10.1. The second-order valence-corrected chi connectivity index (χ2v) is 5.24. The summed E-state index contributed by atoms with van der Waals surface area (Å²) in [5.74, 6) is 0.520. The van der Waals surface area contributed by atoms with Crippen molar-refractivity contribution in [2.24, 2.45) is 0 Å². The molecule has 0 aromatic carbocycles. The molecule has 1 saturated heterocycles. The van der Waals surface area contributed by atoms with Crippen LogP contribution in [0.3, 0.4) is 0 Å². The van der Waals surface area contributed by atoms with Gasteiger partial charge in [0.25, 0.3) is 0 Å². The van der Waals surface area contributed by atoms with Gasteiger partial charge < -0.3 is 10.6 Å². The van der Waals surface area contributed by atoms with E-state index in [1.807, 2.05) is 11.6 Å². The molecule has 2 N–H and O–H groups in total. The first-order chi connectivity index (χ1) is 9.56. The predicted octanol–water partition coefficient (Wildman–Crippen LogP) is 1.77. The smallest absolute Gasteiger partial charge is 0.248 e. The molecule has 1 aliphatic heterocycles.